The van der Waals surface area contributed by atoms with Crippen LogP contribution in [0.2, 0.25) is 0 Å². The van der Waals surface area contributed by atoms with Gasteiger partial charge in [0.2, 0.25) is 0 Å². The summed E-state index contributed by atoms with van der Waals surface area (Å²) in [6, 6.07) is 13.9. The summed E-state index contributed by atoms with van der Waals surface area (Å²) in [5, 5.41) is 2.78. The molecule has 138 valence electrons. The summed E-state index contributed by atoms with van der Waals surface area (Å²) < 4.78 is 30.0. The number of hydrogen-bond donors (Lipinski definition) is 1. The molecule has 0 spiro atoms. The highest BCUT2D eigenvalue weighted by molar-refractivity contribution is 7.99. The third-order valence-electron chi connectivity index (χ3n) is 4.06. The number of thioether (sulfide) groups is 1. The highest BCUT2D eigenvalue weighted by atomic mass is 32.2. The Hall–Kier alpha value is -1.96. The van der Waals surface area contributed by atoms with Gasteiger partial charge in [0, 0.05) is 35.8 Å². The Morgan fingerprint density at radius 1 is 1.08 bits per heavy atom. The van der Waals surface area contributed by atoms with Gasteiger partial charge in [0.1, 0.15) is 0 Å². The first-order chi connectivity index (χ1) is 12.6. The summed E-state index contributed by atoms with van der Waals surface area (Å²) in [5.41, 5.74) is 2.28. The van der Waals surface area contributed by atoms with Crippen molar-refractivity contribution in [2.24, 2.45) is 0 Å². The summed E-state index contributed by atoms with van der Waals surface area (Å²) in [6.45, 7) is 4.20. The van der Waals surface area contributed by atoms with Crippen molar-refractivity contribution in [3.8, 4) is 0 Å². The van der Waals surface area contributed by atoms with Crippen LogP contribution in [0.25, 0.3) is 0 Å². The number of carbonyl (C=O) groups is 1. The molecule has 1 fully saturated rings. The van der Waals surface area contributed by atoms with Gasteiger partial charge in [0.25, 0.3) is 11.7 Å². The smallest absolute Gasteiger partial charge is 0.288 e. The minimum atomic E-state index is -2.45. The minimum absolute atomic E-state index is 0.225. The number of benzene rings is 2. The van der Waals surface area contributed by atoms with Crippen molar-refractivity contribution >= 4 is 23.4 Å². The zero-order valence-electron chi connectivity index (χ0n) is 14.2. The lowest BCUT2D eigenvalue weighted by molar-refractivity contribution is 0.0342. The van der Waals surface area contributed by atoms with Gasteiger partial charge in [0.05, 0.1) is 13.2 Å². The first-order valence-electron chi connectivity index (χ1n) is 8.35. The van der Waals surface area contributed by atoms with Crippen LogP contribution in [0, 0.1) is 0 Å². The second kappa shape index (κ2) is 9.12. The van der Waals surface area contributed by atoms with E-state index in [-0.39, 0.29) is 5.91 Å². The van der Waals surface area contributed by atoms with E-state index in [0.29, 0.717) is 27.9 Å². The average Bonchev–Trinajstić information content (AvgIpc) is 2.64. The van der Waals surface area contributed by atoms with E-state index in [4.69, 9.17) is 4.74 Å². The van der Waals surface area contributed by atoms with Gasteiger partial charge >= 0.3 is 0 Å². The lowest BCUT2D eigenvalue weighted by atomic mass is 10.1. The zero-order valence-corrected chi connectivity index (χ0v) is 15.0. The Kier molecular flexibility index (Phi) is 6.60. The highest BCUT2D eigenvalue weighted by Gasteiger charge is 2.12. The number of ether oxygens (including phenoxy) is 1. The number of hydrogen-bond acceptors (Lipinski definition) is 4. The third-order valence-corrected chi connectivity index (χ3v) is 4.79. The van der Waals surface area contributed by atoms with Crippen molar-refractivity contribution in [3.63, 3.8) is 0 Å². The number of alkyl halides is 2. The molecule has 0 saturated carbocycles. The van der Waals surface area contributed by atoms with Crippen molar-refractivity contribution in [2.45, 2.75) is 17.2 Å². The van der Waals surface area contributed by atoms with Crippen molar-refractivity contribution in [1.29, 1.82) is 0 Å². The fraction of sp³-hybridized carbons (Fsp3) is 0.316. The van der Waals surface area contributed by atoms with E-state index in [9.17, 15) is 13.6 Å². The molecule has 7 heteroatoms. The van der Waals surface area contributed by atoms with E-state index in [1.165, 1.54) is 0 Å². The van der Waals surface area contributed by atoms with Crippen LogP contribution in [0.3, 0.4) is 0 Å². The van der Waals surface area contributed by atoms with Gasteiger partial charge < -0.3 is 10.1 Å². The molecule has 26 heavy (non-hydrogen) atoms. The van der Waals surface area contributed by atoms with Crippen molar-refractivity contribution in [1.82, 2.24) is 4.90 Å². The Morgan fingerprint density at radius 2 is 1.73 bits per heavy atom. The van der Waals surface area contributed by atoms with Gasteiger partial charge in [-0.2, -0.15) is 8.78 Å². The van der Waals surface area contributed by atoms with Crippen molar-refractivity contribution < 1.29 is 18.3 Å². The molecular formula is C19H20F2N2O2S. The van der Waals surface area contributed by atoms with E-state index in [0.717, 1.165) is 38.4 Å². The fourth-order valence-electron chi connectivity index (χ4n) is 2.70. The van der Waals surface area contributed by atoms with Gasteiger partial charge in [-0.25, -0.2) is 0 Å². The van der Waals surface area contributed by atoms with E-state index >= 15 is 0 Å². The van der Waals surface area contributed by atoms with Crippen molar-refractivity contribution in [3.05, 3.63) is 59.7 Å². The molecule has 0 unspecified atom stereocenters. The summed E-state index contributed by atoms with van der Waals surface area (Å²) in [6.07, 6.45) is 0. The second-order valence-corrected chi connectivity index (χ2v) is 7.01. The molecule has 1 saturated heterocycles. The topological polar surface area (TPSA) is 41.6 Å². The summed E-state index contributed by atoms with van der Waals surface area (Å²) in [5.74, 6) is -2.68. The first-order valence-corrected chi connectivity index (χ1v) is 9.23. The molecule has 1 aliphatic heterocycles. The molecule has 0 bridgehead atoms. The third kappa shape index (κ3) is 5.52. The van der Waals surface area contributed by atoms with Gasteiger partial charge in [-0.1, -0.05) is 23.9 Å². The predicted molar refractivity (Wildman–Crippen MR) is 98.8 cm³/mol. The highest BCUT2D eigenvalue weighted by Crippen LogP contribution is 2.26. The number of morpholine rings is 1. The maximum atomic E-state index is 12.3. The maximum Gasteiger partial charge on any atom is 0.288 e. The minimum Gasteiger partial charge on any atom is -0.379 e. The molecule has 2 aromatic carbocycles. The molecule has 1 amide bonds. The molecule has 0 atom stereocenters. The van der Waals surface area contributed by atoms with E-state index in [2.05, 4.69) is 10.2 Å². The van der Waals surface area contributed by atoms with Crippen LogP contribution in [-0.4, -0.2) is 42.9 Å². The molecule has 2 aromatic rings. The van der Waals surface area contributed by atoms with Crippen LogP contribution >= 0.6 is 11.8 Å². The van der Waals surface area contributed by atoms with Crippen LogP contribution in [-0.2, 0) is 11.3 Å². The van der Waals surface area contributed by atoms with Gasteiger partial charge in [0.15, 0.2) is 0 Å². The fourth-order valence-corrected chi connectivity index (χ4v) is 3.20. The molecular weight excluding hydrogens is 358 g/mol. The first kappa shape index (κ1) is 18.8. The Morgan fingerprint density at radius 3 is 2.35 bits per heavy atom. The molecule has 1 heterocycles. The van der Waals surface area contributed by atoms with Crippen LogP contribution in [0.1, 0.15) is 15.9 Å². The quantitative estimate of drug-likeness (QED) is 0.769. The SMILES string of the molecule is O=C(Nc1ccc(SC(F)F)cc1)c1ccc(CN2CCOCC2)cc1. The lowest BCUT2D eigenvalue weighted by Gasteiger charge is -2.26. The number of halogens is 2. The monoisotopic (exact) mass is 378 g/mol. The molecule has 0 aromatic heterocycles. The second-order valence-electron chi connectivity index (χ2n) is 5.94. The predicted octanol–water partition coefficient (Wildman–Crippen LogP) is 4.09. The van der Waals surface area contributed by atoms with Crippen LogP contribution in [0.15, 0.2) is 53.4 Å². The molecule has 1 aliphatic rings. The average molecular weight is 378 g/mol. The molecule has 1 N–H and O–H groups in total. The van der Waals surface area contributed by atoms with Gasteiger partial charge in [-0.05, 0) is 42.0 Å². The number of nitrogens with one attached hydrogen (secondary N) is 1. The Balaban J connectivity index is 1.55. The van der Waals surface area contributed by atoms with Crippen LogP contribution in [0.4, 0.5) is 14.5 Å². The normalized spacial score (nSPS) is 15.2. The number of rotatable bonds is 6. The van der Waals surface area contributed by atoms with Gasteiger partial charge in [-0.3, -0.25) is 9.69 Å². The molecule has 4 nitrogen and oxygen atoms in total. The standard InChI is InChI=1S/C19H20F2N2O2S/c20-19(21)26-17-7-5-16(6-8-17)22-18(24)15-3-1-14(2-4-15)13-23-9-11-25-12-10-23/h1-8,19H,9-13H2,(H,22,24). The van der Waals surface area contributed by atoms with E-state index < -0.39 is 5.76 Å². The number of anilines is 1. The Labute approximate surface area is 155 Å². The summed E-state index contributed by atoms with van der Waals surface area (Å²) in [7, 11) is 0. The largest absolute Gasteiger partial charge is 0.379 e. The zero-order chi connectivity index (χ0) is 18.4. The number of carbonyl (C=O) groups excluding carboxylic acids is 1. The van der Waals surface area contributed by atoms with Crippen LogP contribution in [0.5, 0.6) is 0 Å². The molecule has 0 radical (unpaired) electrons. The summed E-state index contributed by atoms with van der Waals surface area (Å²) in [4.78, 5) is 15.1. The molecule has 3 rings (SSSR count). The van der Waals surface area contributed by atoms with Crippen LogP contribution < -0.4 is 5.32 Å². The Bertz CT molecular complexity index is 717. The van der Waals surface area contributed by atoms with Gasteiger partial charge in [-0.15, -0.1) is 0 Å². The molecule has 0 aliphatic carbocycles. The summed E-state index contributed by atoms with van der Waals surface area (Å²) >= 11 is 0.480. The lowest BCUT2D eigenvalue weighted by Crippen LogP contribution is -2.35. The van der Waals surface area contributed by atoms with Crippen molar-refractivity contribution in [2.75, 3.05) is 31.6 Å². The van der Waals surface area contributed by atoms with E-state index in [1.54, 1.807) is 36.4 Å². The number of amides is 1. The van der Waals surface area contributed by atoms with E-state index in [1.807, 2.05) is 12.1 Å². The maximum absolute atomic E-state index is 12.3. The number of nitrogens with zero attached hydrogens (tertiary/aromatic N) is 1.